The van der Waals surface area contributed by atoms with Crippen molar-refractivity contribution in [2.75, 3.05) is 13.2 Å². The molecule has 0 bridgehead atoms. The molecule has 4 aromatic carbocycles. The number of rotatable bonds is 1. The molecule has 0 unspecified atom stereocenters. The summed E-state index contributed by atoms with van der Waals surface area (Å²) in [6.07, 6.45) is 4.83. The zero-order chi connectivity index (χ0) is 28.8. The Balaban J connectivity index is 0.000000220. The van der Waals surface area contributed by atoms with E-state index in [0.717, 1.165) is 24.1 Å². The second-order valence-electron chi connectivity index (χ2n) is 11.7. The minimum Gasteiger partial charge on any atom is -0.381 e. The number of unbranched alkanes of at least 4 members (excludes halogenated alkanes) is 1. The standard InChI is InChI=1S/C15H13Br.C15H13.C4H8O.C4H9.2Li/c1-15(2)13-6-4-3-5-11(13)12-8-7-10(16)9-14(12)15;1-15(2)13-9-5-3-7-11(13)12-8-4-6-10-14(12)15;1-2-4-5-3-1;1-3-4-2;;/h3-9H,1-2H3;3-5,7-10H,1-2H3;1-4H2;1,3-4H2,2H3;;/q;-1;;-1;2*+1. The predicted molar refractivity (Wildman–Crippen MR) is 175 cm³/mol. The van der Waals surface area contributed by atoms with E-state index in [1.165, 1.54) is 63.8 Å². The van der Waals surface area contributed by atoms with Crippen molar-refractivity contribution < 1.29 is 42.5 Å². The first-order chi connectivity index (χ1) is 19.2. The molecule has 0 amide bonds. The smallest absolute Gasteiger partial charge is 0.381 e. The van der Waals surface area contributed by atoms with Crippen LogP contribution in [0.25, 0.3) is 22.3 Å². The zero-order valence-electron chi connectivity index (χ0n) is 26.8. The normalized spacial score (nSPS) is 15.2. The Kier molecular flexibility index (Phi) is 14.5. The largest absolute Gasteiger partial charge is 1.00 e. The van der Waals surface area contributed by atoms with Crippen LogP contribution in [0, 0.1) is 13.0 Å². The van der Waals surface area contributed by atoms with E-state index >= 15 is 0 Å². The SMILES string of the molecule is C1CCOC1.CC1(C)c2c[c-]ccc2-c2ccccc21.CC1(C)c2ccccc2-c2ccc(Br)cc21.[CH2-]CCC.[Li+].[Li+]. The van der Waals surface area contributed by atoms with E-state index in [1.807, 2.05) is 6.07 Å². The summed E-state index contributed by atoms with van der Waals surface area (Å²) in [7, 11) is 0. The van der Waals surface area contributed by atoms with E-state index in [9.17, 15) is 0 Å². The van der Waals surface area contributed by atoms with Gasteiger partial charge in [-0.1, -0.05) is 112 Å². The molecule has 4 heteroatoms. The third-order valence-electron chi connectivity index (χ3n) is 8.15. The van der Waals surface area contributed by atoms with Crippen molar-refractivity contribution in [2.24, 2.45) is 0 Å². The predicted octanol–water partition coefficient (Wildman–Crippen LogP) is 4.97. The minimum absolute atomic E-state index is 0. The summed E-state index contributed by atoms with van der Waals surface area (Å²) < 4.78 is 6.10. The van der Waals surface area contributed by atoms with Crippen molar-refractivity contribution >= 4 is 15.9 Å². The topological polar surface area (TPSA) is 9.23 Å². The number of halogens is 1. The van der Waals surface area contributed by atoms with Gasteiger partial charge in [0.25, 0.3) is 0 Å². The average molecular weight is 610 g/mol. The summed E-state index contributed by atoms with van der Waals surface area (Å²) in [6.45, 7) is 16.9. The van der Waals surface area contributed by atoms with Crippen molar-refractivity contribution in [1.82, 2.24) is 0 Å². The maximum Gasteiger partial charge on any atom is 1.00 e. The summed E-state index contributed by atoms with van der Waals surface area (Å²) in [6, 6.07) is 33.4. The number of ether oxygens (including phenoxy) is 1. The van der Waals surface area contributed by atoms with Gasteiger partial charge >= 0.3 is 37.7 Å². The minimum atomic E-state index is 0. The molecule has 4 aromatic rings. The summed E-state index contributed by atoms with van der Waals surface area (Å²) in [5, 5.41) is 0. The fourth-order valence-electron chi connectivity index (χ4n) is 5.78. The summed E-state index contributed by atoms with van der Waals surface area (Å²) in [5.41, 5.74) is 11.4. The molecule has 3 aliphatic rings. The summed E-state index contributed by atoms with van der Waals surface area (Å²) >= 11 is 3.56. The van der Waals surface area contributed by atoms with Gasteiger partial charge in [0, 0.05) is 23.1 Å². The van der Waals surface area contributed by atoms with Gasteiger partial charge in [-0.25, -0.2) is 0 Å². The van der Waals surface area contributed by atoms with E-state index in [2.05, 4.69) is 142 Å². The van der Waals surface area contributed by atoms with Crippen LogP contribution in [0.3, 0.4) is 0 Å². The first-order valence-corrected chi connectivity index (χ1v) is 15.4. The fraction of sp³-hybridized carbons (Fsp3) is 0.342. The maximum atomic E-state index is 4.94. The Hall–Kier alpha value is -1.49. The van der Waals surface area contributed by atoms with E-state index < -0.39 is 0 Å². The van der Waals surface area contributed by atoms with Crippen LogP contribution >= 0.6 is 15.9 Å². The molecule has 210 valence electrons. The van der Waals surface area contributed by atoms with Gasteiger partial charge in [0.05, 0.1) is 0 Å². The van der Waals surface area contributed by atoms with Gasteiger partial charge < -0.3 is 11.7 Å². The van der Waals surface area contributed by atoms with E-state index in [0.29, 0.717) is 0 Å². The fourth-order valence-corrected chi connectivity index (χ4v) is 6.14. The van der Waals surface area contributed by atoms with Gasteiger partial charge in [0.15, 0.2) is 0 Å². The molecule has 0 spiro atoms. The monoisotopic (exact) mass is 608 g/mol. The Labute approximate surface area is 287 Å². The van der Waals surface area contributed by atoms with E-state index in [4.69, 9.17) is 4.74 Å². The maximum absolute atomic E-state index is 4.94. The van der Waals surface area contributed by atoms with Crippen molar-refractivity contribution in [3.63, 3.8) is 0 Å². The molecule has 0 saturated carbocycles. The molecule has 0 aromatic heterocycles. The van der Waals surface area contributed by atoms with Gasteiger partial charge in [0.1, 0.15) is 0 Å². The molecule has 42 heavy (non-hydrogen) atoms. The van der Waals surface area contributed by atoms with Crippen molar-refractivity contribution in [3.8, 4) is 22.3 Å². The van der Waals surface area contributed by atoms with Gasteiger partial charge in [-0.3, -0.25) is 0 Å². The van der Waals surface area contributed by atoms with Crippen LogP contribution in [-0.4, -0.2) is 13.2 Å². The molecule has 1 nitrogen and oxygen atoms in total. The molecule has 0 radical (unpaired) electrons. The van der Waals surface area contributed by atoms with Gasteiger partial charge in [-0.2, -0.15) is 30.7 Å². The Morgan fingerprint density at radius 3 is 1.69 bits per heavy atom. The first-order valence-electron chi connectivity index (χ1n) is 14.6. The molecule has 7 rings (SSSR count). The van der Waals surface area contributed by atoms with Crippen molar-refractivity contribution in [3.05, 3.63) is 125 Å². The zero-order valence-corrected chi connectivity index (χ0v) is 28.4. The summed E-state index contributed by atoms with van der Waals surface area (Å²) in [5.74, 6) is 0. The Morgan fingerprint density at radius 2 is 1.19 bits per heavy atom. The van der Waals surface area contributed by atoms with Crippen LogP contribution in [0.1, 0.15) is 82.6 Å². The molecule has 0 N–H and O–H groups in total. The summed E-state index contributed by atoms with van der Waals surface area (Å²) in [4.78, 5) is 0. The van der Waals surface area contributed by atoms with Crippen LogP contribution in [0.15, 0.2) is 89.4 Å². The molecule has 2 aliphatic carbocycles. The van der Waals surface area contributed by atoms with Crippen molar-refractivity contribution in [1.29, 1.82) is 0 Å². The van der Waals surface area contributed by atoms with Gasteiger partial charge in [0.2, 0.25) is 0 Å². The molecule has 1 aliphatic heterocycles. The average Bonchev–Trinajstić information content (AvgIpc) is 3.69. The molecule has 1 saturated heterocycles. The molecule has 1 fully saturated rings. The first kappa shape index (κ1) is 36.7. The van der Waals surface area contributed by atoms with Crippen molar-refractivity contribution in [2.45, 2.75) is 71.1 Å². The van der Waals surface area contributed by atoms with Gasteiger partial charge in [-0.05, 0) is 63.8 Å². The van der Waals surface area contributed by atoms with E-state index in [1.54, 1.807) is 0 Å². The third kappa shape index (κ3) is 7.96. The van der Waals surface area contributed by atoms with Crippen LogP contribution < -0.4 is 37.7 Å². The molecular formula is C38H43BrLi2O. The van der Waals surface area contributed by atoms with Crippen LogP contribution in [-0.2, 0) is 15.6 Å². The number of hydrogen-bond donors (Lipinski definition) is 0. The molecule has 0 atom stereocenters. The number of fused-ring (bicyclic) bond motifs is 6. The van der Waals surface area contributed by atoms with Crippen LogP contribution in [0.5, 0.6) is 0 Å². The second-order valence-corrected chi connectivity index (χ2v) is 12.6. The van der Waals surface area contributed by atoms with Crippen LogP contribution in [0.4, 0.5) is 0 Å². The Bertz CT molecular complexity index is 1370. The second kappa shape index (κ2) is 16.5. The third-order valence-corrected chi connectivity index (χ3v) is 8.65. The quantitative estimate of drug-likeness (QED) is 0.219. The molecular weight excluding hydrogens is 566 g/mol. The van der Waals surface area contributed by atoms with Crippen LogP contribution in [0.2, 0.25) is 0 Å². The van der Waals surface area contributed by atoms with Gasteiger partial charge in [-0.15, -0.1) is 11.1 Å². The number of benzene rings is 4. The molecule has 1 heterocycles. The van der Waals surface area contributed by atoms with E-state index in [-0.39, 0.29) is 48.6 Å². The number of hydrogen-bond acceptors (Lipinski definition) is 1. The Morgan fingerprint density at radius 1 is 0.714 bits per heavy atom.